The molecule has 1 aliphatic rings. The number of carbonyl (C=O) groups excluding carboxylic acids is 2. The monoisotopic (exact) mass is 352 g/mol. The number of hydrogen-bond acceptors (Lipinski definition) is 3. The lowest BCUT2D eigenvalue weighted by molar-refractivity contribution is -0.125. The molecule has 1 aliphatic carbocycles. The highest BCUT2D eigenvalue weighted by atomic mass is 16.5. The summed E-state index contributed by atoms with van der Waals surface area (Å²) in [5.41, 5.74) is 1.81. The second-order valence-electron chi connectivity index (χ2n) is 6.53. The summed E-state index contributed by atoms with van der Waals surface area (Å²) in [7, 11) is 0. The lowest BCUT2D eigenvalue weighted by Crippen LogP contribution is -2.27. The third-order valence-electron chi connectivity index (χ3n) is 4.38. The van der Waals surface area contributed by atoms with Gasteiger partial charge in [0.25, 0.3) is 0 Å². The molecule has 2 N–H and O–H groups in total. The van der Waals surface area contributed by atoms with Crippen LogP contribution in [0.2, 0.25) is 0 Å². The zero-order valence-electron chi connectivity index (χ0n) is 14.9. The molecule has 2 unspecified atom stereocenters. The maximum atomic E-state index is 12.2. The van der Waals surface area contributed by atoms with E-state index in [0.29, 0.717) is 25.3 Å². The Morgan fingerprint density at radius 2 is 1.69 bits per heavy atom. The third kappa shape index (κ3) is 4.85. The van der Waals surface area contributed by atoms with Crippen LogP contribution in [0, 0.1) is 11.8 Å². The maximum absolute atomic E-state index is 12.2. The number of amides is 2. The van der Waals surface area contributed by atoms with Gasteiger partial charge in [0.1, 0.15) is 12.4 Å². The Morgan fingerprint density at radius 3 is 2.38 bits per heavy atom. The molecule has 2 amide bonds. The first-order valence-electron chi connectivity index (χ1n) is 9.02. The zero-order valence-corrected chi connectivity index (χ0v) is 14.9. The Balaban J connectivity index is 1.46. The third-order valence-corrected chi connectivity index (χ3v) is 4.38. The normalized spacial score (nSPS) is 18.0. The average Bonchev–Trinajstić information content (AvgIpc) is 3.47. The quantitative estimate of drug-likeness (QED) is 0.765. The average molecular weight is 352 g/mol. The number of carbonyl (C=O) groups is 2. The topological polar surface area (TPSA) is 67.4 Å². The van der Waals surface area contributed by atoms with E-state index in [0.717, 1.165) is 17.7 Å². The van der Waals surface area contributed by atoms with Crippen molar-refractivity contribution in [2.45, 2.75) is 26.4 Å². The zero-order chi connectivity index (χ0) is 18.4. The fourth-order valence-corrected chi connectivity index (χ4v) is 2.76. The van der Waals surface area contributed by atoms with Gasteiger partial charge in [-0.1, -0.05) is 37.3 Å². The van der Waals surface area contributed by atoms with Crippen LogP contribution in [0.25, 0.3) is 0 Å². The first kappa shape index (κ1) is 18.0. The van der Waals surface area contributed by atoms with Crippen LogP contribution >= 0.6 is 0 Å². The van der Waals surface area contributed by atoms with Gasteiger partial charge in [-0.3, -0.25) is 9.59 Å². The van der Waals surface area contributed by atoms with Crippen molar-refractivity contribution >= 4 is 17.5 Å². The van der Waals surface area contributed by atoms with Crippen molar-refractivity contribution in [3.63, 3.8) is 0 Å². The minimum Gasteiger partial charge on any atom is -0.489 e. The molecule has 2 aromatic rings. The highest BCUT2D eigenvalue weighted by Gasteiger charge is 2.47. The van der Waals surface area contributed by atoms with Gasteiger partial charge in [0.15, 0.2) is 0 Å². The minimum absolute atomic E-state index is 0.0170. The van der Waals surface area contributed by atoms with E-state index in [1.807, 2.05) is 61.5 Å². The summed E-state index contributed by atoms with van der Waals surface area (Å²) >= 11 is 0. The molecule has 2 atom stereocenters. The van der Waals surface area contributed by atoms with Crippen molar-refractivity contribution < 1.29 is 14.3 Å². The second kappa shape index (κ2) is 8.52. The Bertz CT molecular complexity index is 744. The fraction of sp³-hybridized carbons (Fsp3) is 0.333. The Hall–Kier alpha value is -2.82. The van der Waals surface area contributed by atoms with Crippen LogP contribution in [0.15, 0.2) is 54.6 Å². The SMILES string of the molecule is CCCNC(=O)C1CC1C(=O)Nc1ccc(OCc2ccccc2)cc1. The van der Waals surface area contributed by atoms with Crippen molar-refractivity contribution in [3.8, 4) is 5.75 Å². The van der Waals surface area contributed by atoms with Gasteiger partial charge in [-0.2, -0.15) is 0 Å². The molecule has 1 saturated carbocycles. The molecule has 0 saturated heterocycles. The fourth-order valence-electron chi connectivity index (χ4n) is 2.76. The van der Waals surface area contributed by atoms with Crippen molar-refractivity contribution in [1.29, 1.82) is 0 Å². The van der Waals surface area contributed by atoms with Gasteiger partial charge >= 0.3 is 0 Å². The molecular weight excluding hydrogens is 328 g/mol. The summed E-state index contributed by atoms with van der Waals surface area (Å²) in [4.78, 5) is 24.1. The van der Waals surface area contributed by atoms with Gasteiger partial charge in [0, 0.05) is 12.2 Å². The van der Waals surface area contributed by atoms with Crippen LogP contribution < -0.4 is 15.4 Å². The van der Waals surface area contributed by atoms with Crippen molar-refractivity contribution in [2.24, 2.45) is 11.8 Å². The Kier molecular flexibility index (Phi) is 5.89. The maximum Gasteiger partial charge on any atom is 0.228 e. The molecule has 0 radical (unpaired) electrons. The molecule has 0 heterocycles. The van der Waals surface area contributed by atoms with E-state index < -0.39 is 0 Å². The van der Waals surface area contributed by atoms with Gasteiger partial charge in [0.05, 0.1) is 11.8 Å². The number of hydrogen-bond donors (Lipinski definition) is 2. The first-order valence-corrected chi connectivity index (χ1v) is 9.02. The minimum atomic E-state index is -0.221. The number of anilines is 1. The van der Waals surface area contributed by atoms with Crippen LogP contribution in [-0.2, 0) is 16.2 Å². The standard InChI is InChI=1S/C21H24N2O3/c1-2-12-22-20(24)18-13-19(18)21(25)23-16-8-10-17(11-9-16)26-14-15-6-4-3-5-7-15/h3-11,18-19H,2,12-14H2,1H3,(H,22,24)(H,23,25). The summed E-state index contributed by atoms with van der Waals surface area (Å²) in [6, 6.07) is 17.2. The predicted molar refractivity (Wildman–Crippen MR) is 101 cm³/mol. The van der Waals surface area contributed by atoms with Crippen LogP contribution in [0.3, 0.4) is 0 Å². The molecule has 26 heavy (non-hydrogen) atoms. The van der Waals surface area contributed by atoms with E-state index in [4.69, 9.17) is 4.74 Å². The number of benzene rings is 2. The molecule has 5 nitrogen and oxygen atoms in total. The molecule has 0 spiro atoms. The van der Waals surface area contributed by atoms with Crippen LogP contribution in [0.4, 0.5) is 5.69 Å². The van der Waals surface area contributed by atoms with Crippen molar-refractivity contribution in [1.82, 2.24) is 5.32 Å². The molecule has 1 fully saturated rings. The summed E-state index contributed by atoms with van der Waals surface area (Å²) < 4.78 is 5.73. The summed E-state index contributed by atoms with van der Waals surface area (Å²) in [6.45, 7) is 3.17. The Labute approximate surface area is 153 Å². The summed E-state index contributed by atoms with van der Waals surface area (Å²) in [6.07, 6.45) is 1.52. The highest BCUT2D eigenvalue weighted by molar-refractivity contribution is 5.99. The van der Waals surface area contributed by atoms with E-state index in [1.54, 1.807) is 0 Å². The van der Waals surface area contributed by atoms with Crippen molar-refractivity contribution in [2.75, 3.05) is 11.9 Å². The molecule has 5 heteroatoms. The van der Waals surface area contributed by atoms with Gasteiger partial charge in [-0.05, 0) is 42.7 Å². The molecule has 0 bridgehead atoms. The molecular formula is C21H24N2O3. The van der Waals surface area contributed by atoms with Crippen molar-refractivity contribution in [3.05, 3.63) is 60.2 Å². The van der Waals surface area contributed by atoms with E-state index in [2.05, 4.69) is 10.6 Å². The highest BCUT2D eigenvalue weighted by Crippen LogP contribution is 2.39. The van der Waals surface area contributed by atoms with E-state index in [9.17, 15) is 9.59 Å². The largest absolute Gasteiger partial charge is 0.489 e. The first-order chi connectivity index (χ1) is 12.7. The van der Waals surface area contributed by atoms with Gasteiger partial charge < -0.3 is 15.4 Å². The molecule has 2 aromatic carbocycles. The predicted octanol–water partition coefficient (Wildman–Crippen LogP) is 3.37. The smallest absolute Gasteiger partial charge is 0.228 e. The molecule has 0 aromatic heterocycles. The number of rotatable bonds is 8. The summed E-state index contributed by atoms with van der Waals surface area (Å²) in [5.74, 6) is 0.224. The second-order valence-corrected chi connectivity index (χ2v) is 6.53. The molecule has 3 rings (SSSR count). The Morgan fingerprint density at radius 1 is 1.00 bits per heavy atom. The van der Waals surface area contributed by atoms with Gasteiger partial charge in [-0.15, -0.1) is 0 Å². The van der Waals surface area contributed by atoms with Crippen LogP contribution in [0.5, 0.6) is 5.75 Å². The van der Waals surface area contributed by atoms with E-state index in [1.165, 1.54) is 0 Å². The number of ether oxygens (including phenoxy) is 1. The molecule has 136 valence electrons. The lowest BCUT2D eigenvalue weighted by Gasteiger charge is -2.08. The van der Waals surface area contributed by atoms with Gasteiger partial charge in [-0.25, -0.2) is 0 Å². The number of nitrogens with one attached hydrogen (secondary N) is 2. The van der Waals surface area contributed by atoms with Gasteiger partial charge in [0.2, 0.25) is 11.8 Å². The summed E-state index contributed by atoms with van der Waals surface area (Å²) in [5, 5.41) is 5.71. The molecule has 0 aliphatic heterocycles. The van der Waals surface area contributed by atoms with Crippen LogP contribution in [-0.4, -0.2) is 18.4 Å². The lowest BCUT2D eigenvalue weighted by atomic mass is 10.2. The van der Waals surface area contributed by atoms with E-state index >= 15 is 0 Å². The van der Waals surface area contributed by atoms with E-state index in [-0.39, 0.29) is 23.7 Å². The van der Waals surface area contributed by atoms with Crippen LogP contribution in [0.1, 0.15) is 25.3 Å².